The third-order valence-corrected chi connectivity index (χ3v) is 12.0. The molecule has 2 atom stereocenters. The molecule has 0 saturated carbocycles. The van der Waals surface area contributed by atoms with Gasteiger partial charge in [0.05, 0.1) is 5.30 Å². The van der Waals surface area contributed by atoms with Gasteiger partial charge in [0.25, 0.3) is 0 Å². The van der Waals surface area contributed by atoms with E-state index in [2.05, 4.69) is 97.3 Å². The Balaban J connectivity index is 1.90. The van der Waals surface area contributed by atoms with Gasteiger partial charge in [0.2, 0.25) is 0 Å². The monoisotopic (exact) mass is 382 g/mol. The molecule has 2 heteroatoms. The van der Waals surface area contributed by atoms with E-state index in [4.69, 9.17) is 0 Å². The highest BCUT2D eigenvalue weighted by atomic mass is 31.9. The first-order valence-corrected chi connectivity index (χ1v) is 12.6. The number of hydrogen-bond acceptors (Lipinski definition) is 0. The number of benzene rings is 3. The zero-order chi connectivity index (χ0) is 18.5. The molecule has 3 aromatic carbocycles. The largest absolute Gasteiger partial charge is 0.102 e. The zero-order valence-electron chi connectivity index (χ0n) is 15.0. The van der Waals surface area contributed by atoms with E-state index in [1.165, 1.54) is 21.5 Å². The zero-order valence-corrected chi connectivity index (χ0v) is 16.8. The van der Waals surface area contributed by atoms with Gasteiger partial charge in [-0.2, -0.15) is 0 Å². The lowest BCUT2D eigenvalue weighted by molar-refractivity contribution is 1.62. The third-order valence-electron chi connectivity index (χ3n) is 4.38. The summed E-state index contributed by atoms with van der Waals surface area (Å²) >= 11 is 0. The van der Waals surface area contributed by atoms with E-state index in [0.29, 0.717) is 0 Å². The van der Waals surface area contributed by atoms with Gasteiger partial charge in [-0.05, 0) is 17.7 Å². The predicted octanol–water partition coefficient (Wildman–Crippen LogP) is 7.90. The van der Waals surface area contributed by atoms with Crippen LogP contribution in [0.25, 0.3) is 16.2 Å². The van der Waals surface area contributed by atoms with Gasteiger partial charge in [-0.25, -0.2) is 0 Å². The quantitative estimate of drug-likeness (QED) is 0.249. The van der Waals surface area contributed by atoms with Gasteiger partial charge in [-0.3, -0.25) is 0 Å². The molecule has 4 aromatic rings. The summed E-state index contributed by atoms with van der Waals surface area (Å²) in [4.78, 5) is 0. The molecule has 0 fully saturated rings. The van der Waals surface area contributed by atoms with E-state index in [1.807, 2.05) is 18.2 Å². The molecule has 0 saturated heterocycles. The molecule has 0 spiro atoms. The van der Waals surface area contributed by atoms with Crippen molar-refractivity contribution in [3.05, 3.63) is 115 Å². The average Bonchev–Trinajstić information content (AvgIpc) is 2.73. The van der Waals surface area contributed by atoms with E-state index in [0.717, 1.165) is 11.7 Å². The summed E-state index contributed by atoms with van der Waals surface area (Å²) in [6.07, 6.45) is 3.10. The van der Waals surface area contributed by atoms with Crippen molar-refractivity contribution in [3.63, 3.8) is 0 Å². The Morgan fingerprint density at radius 1 is 0.741 bits per heavy atom. The highest BCUT2D eigenvalue weighted by Crippen LogP contribution is 2.72. The lowest BCUT2D eigenvalue weighted by Gasteiger charge is -2.25. The third kappa shape index (κ3) is 3.72. The fraction of sp³-hybridized carbons (Fsp3) is 0.0400. The van der Waals surface area contributed by atoms with Crippen LogP contribution in [0.3, 0.4) is 0 Å². The summed E-state index contributed by atoms with van der Waals surface area (Å²) in [5.74, 6) is 6.94. The maximum absolute atomic E-state index is 4.02. The van der Waals surface area contributed by atoms with Crippen LogP contribution in [0.1, 0.15) is 10.9 Å². The Labute approximate surface area is 163 Å². The van der Waals surface area contributed by atoms with Crippen LogP contribution in [0, 0.1) is 11.8 Å². The molecule has 0 aliphatic rings. The van der Waals surface area contributed by atoms with Crippen LogP contribution in [-0.2, 0) is 6.16 Å². The molecule has 0 nitrogen and oxygen atoms in total. The molecule has 0 aliphatic carbocycles. The maximum atomic E-state index is 4.02. The summed E-state index contributed by atoms with van der Waals surface area (Å²) < 4.78 is 0. The van der Waals surface area contributed by atoms with Crippen molar-refractivity contribution in [2.75, 3.05) is 0 Å². The maximum Gasteiger partial charge on any atom is 0.0608 e. The molecule has 0 bridgehead atoms. The van der Waals surface area contributed by atoms with Gasteiger partial charge in [-0.15, -0.1) is 6.58 Å². The van der Waals surface area contributed by atoms with Crippen LogP contribution in [0.4, 0.5) is 0 Å². The average molecular weight is 382 g/mol. The number of rotatable bonds is 4. The van der Waals surface area contributed by atoms with Crippen LogP contribution in [0.15, 0.2) is 104 Å². The second-order valence-corrected chi connectivity index (χ2v) is 12.0. The Morgan fingerprint density at radius 2 is 1.33 bits per heavy atom. The van der Waals surface area contributed by atoms with Gasteiger partial charge in [0.15, 0.2) is 0 Å². The molecule has 2 unspecified atom stereocenters. The normalized spacial score (nSPS) is 11.6. The SMILES string of the molecule is C=CCp1c(C#Cc2ccccc2)c(-c2ccccc2)p1-c1ccccc1. The van der Waals surface area contributed by atoms with Crippen molar-refractivity contribution >= 4 is 14.4 Å². The molecular weight excluding hydrogens is 362 g/mol. The van der Waals surface area contributed by atoms with E-state index in [1.54, 1.807) is 0 Å². The van der Waals surface area contributed by atoms with Crippen LogP contribution < -0.4 is 0 Å². The molecule has 0 N–H and O–H groups in total. The Bertz CT molecular complexity index is 1090. The number of hydrogen-bond donors (Lipinski definition) is 0. The lowest BCUT2D eigenvalue weighted by Crippen LogP contribution is -1.89. The molecule has 0 aliphatic heterocycles. The van der Waals surface area contributed by atoms with Crippen LogP contribution >= 0.6 is 14.4 Å². The van der Waals surface area contributed by atoms with Gasteiger partial charge in [-0.1, -0.05) is 111 Å². The smallest absolute Gasteiger partial charge is 0.0608 e. The van der Waals surface area contributed by atoms with Crippen molar-refractivity contribution in [1.82, 2.24) is 0 Å². The summed E-state index contributed by atoms with van der Waals surface area (Å²) in [6.45, 7) is 4.02. The van der Waals surface area contributed by atoms with Crippen molar-refractivity contribution in [3.8, 4) is 28.0 Å². The first-order valence-electron chi connectivity index (χ1n) is 8.99. The van der Waals surface area contributed by atoms with E-state index in [9.17, 15) is 0 Å². The second kappa shape index (κ2) is 8.33. The van der Waals surface area contributed by atoms with Gasteiger partial charge >= 0.3 is 0 Å². The van der Waals surface area contributed by atoms with Crippen molar-refractivity contribution in [2.24, 2.45) is 0 Å². The minimum absolute atomic E-state index is 0.307. The minimum atomic E-state index is -0.351. The second-order valence-electron chi connectivity index (χ2n) is 6.20. The molecule has 130 valence electrons. The summed E-state index contributed by atoms with van der Waals surface area (Å²) in [7, 11) is -0.658. The summed E-state index contributed by atoms with van der Waals surface area (Å²) in [5.41, 5.74) is 2.38. The highest BCUT2D eigenvalue weighted by molar-refractivity contribution is 8.15. The number of allylic oxidation sites excluding steroid dienone is 1. The lowest BCUT2D eigenvalue weighted by atomic mass is 10.1. The van der Waals surface area contributed by atoms with Crippen LogP contribution in [-0.4, -0.2) is 0 Å². The topological polar surface area (TPSA) is 0 Å². The first kappa shape index (κ1) is 17.7. The fourth-order valence-electron chi connectivity index (χ4n) is 3.16. The highest BCUT2D eigenvalue weighted by Gasteiger charge is 2.23. The summed E-state index contributed by atoms with van der Waals surface area (Å²) in [6, 6.07) is 32.0. The molecule has 0 radical (unpaired) electrons. The molecule has 1 aromatic heterocycles. The Hall–Kier alpha value is -2.70. The van der Waals surface area contributed by atoms with Gasteiger partial charge in [0.1, 0.15) is 0 Å². The van der Waals surface area contributed by atoms with Crippen molar-refractivity contribution < 1.29 is 0 Å². The Morgan fingerprint density at radius 3 is 1.96 bits per heavy atom. The Kier molecular flexibility index (Phi) is 5.46. The molecule has 0 amide bonds. The fourth-order valence-corrected chi connectivity index (χ4v) is 10.9. The van der Waals surface area contributed by atoms with Gasteiger partial charge < -0.3 is 0 Å². The standard InChI is InChI=1S/C25H20P2/c1-2-20-26-24(19-18-21-12-6-3-7-13-21)25(22-14-8-4-9-15-22)27(26)23-16-10-5-11-17-23/h2-17H,1,20H2. The molecular formula is C25H20P2. The van der Waals surface area contributed by atoms with Crippen LogP contribution in [0.5, 0.6) is 0 Å². The molecule has 1 heterocycles. The first-order chi connectivity index (χ1) is 13.4. The van der Waals surface area contributed by atoms with E-state index < -0.39 is 0 Å². The molecule has 27 heavy (non-hydrogen) atoms. The predicted molar refractivity (Wildman–Crippen MR) is 121 cm³/mol. The van der Waals surface area contributed by atoms with Crippen LogP contribution in [0.2, 0.25) is 0 Å². The minimum Gasteiger partial charge on any atom is -0.102 e. The van der Waals surface area contributed by atoms with E-state index >= 15 is 0 Å². The molecule has 4 rings (SSSR count). The van der Waals surface area contributed by atoms with E-state index in [-0.39, 0.29) is 14.4 Å². The van der Waals surface area contributed by atoms with Crippen molar-refractivity contribution in [1.29, 1.82) is 0 Å². The van der Waals surface area contributed by atoms with Gasteiger partial charge in [0, 0.05) is 22.3 Å². The van der Waals surface area contributed by atoms with Crippen molar-refractivity contribution in [2.45, 2.75) is 6.16 Å². The summed E-state index contributed by atoms with van der Waals surface area (Å²) in [5, 5.41) is 4.24.